The summed E-state index contributed by atoms with van der Waals surface area (Å²) in [5.74, 6) is 0. The van der Waals surface area contributed by atoms with Gasteiger partial charge in [-0.25, -0.2) is 0 Å². The Bertz CT molecular complexity index is 816. The maximum atomic E-state index is 2.58. The van der Waals surface area contributed by atoms with Gasteiger partial charge in [0.25, 0.3) is 0 Å². The van der Waals surface area contributed by atoms with Crippen molar-refractivity contribution >= 4 is 0 Å². The van der Waals surface area contributed by atoms with Gasteiger partial charge in [-0.05, 0) is 17.5 Å². The van der Waals surface area contributed by atoms with E-state index in [0.29, 0.717) is 6.17 Å². The van der Waals surface area contributed by atoms with Crippen molar-refractivity contribution < 1.29 is 0 Å². The highest BCUT2D eigenvalue weighted by atomic mass is 15.4. The third kappa shape index (κ3) is 12.2. The summed E-state index contributed by atoms with van der Waals surface area (Å²) >= 11 is 0. The van der Waals surface area contributed by atoms with E-state index in [9.17, 15) is 0 Å². The fourth-order valence-electron chi connectivity index (χ4n) is 5.64. The minimum absolute atomic E-state index is 0.416. The van der Waals surface area contributed by atoms with Gasteiger partial charge in [-0.1, -0.05) is 164 Å². The first kappa shape index (κ1) is 29.3. The summed E-state index contributed by atoms with van der Waals surface area (Å²) in [4.78, 5) is 5.11. The lowest BCUT2D eigenvalue weighted by Gasteiger charge is -2.33. The predicted octanol–water partition coefficient (Wildman–Crippen LogP) is 10.1. The topological polar surface area (TPSA) is 6.48 Å². The first-order valence-corrected chi connectivity index (χ1v) is 15.6. The molecular formula is C35H54N2. The Hall–Kier alpha value is -2.22. The summed E-state index contributed by atoms with van der Waals surface area (Å²) in [6, 6.07) is 21.9. The van der Waals surface area contributed by atoms with E-state index in [0.717, 1.165) is 19.5 Å². The Kier molecular flexibility index (Phi) is 15.0. The van der Waals surface area contributed by atoms with Gasteiger partial charge < -0.3 is 9.80 Å². The maximum absolute atomic E-state index is 2.58. The van der Waals surface area contributed by atoms with Gasteiger partial charge in [0.15, 0.2) is 0 Å². The van der Waals surface area contributed by atoms with Crippen LogP contribution in [0.2, 0.25) is 0 Å². The van der Waals surface area contributed by atoms with Crippen molar-refractivity contribution in [3.8, 4) is 0 Å². The van der Waals surface area contributed by atoms with Crippen molar-refractivity contribution in [2.45, 2.75) is 129 Å². The van der Waals surface area contributed by atoms with E-state index >= 15 is 0 Å². The van der Waals surface area contributed by atoms with Crippen LogP contribution in [0, 0.1) is 0 Å². The summed E-state index contributed by atoms with van der Waals surface area (Å²) in [5, 5.41) is 0. The summed E-state index contributed by atoms with van der Waals surface area (Å²) in [7, 11) is 0. The van der Waals surface area contributed by atoms with Gasteiger partial charge in [-0.3, -0.25) is 0 Å². The van der Waals surface area contributed by atoms with E-state index in [2.05, 4.69) is 89.8 Å². The molecule has 0 N–H and O–H groups in total. The highest BCUT2D eigenvalue weighted by Gasteiger charge is 2.26. The van der Waals surface area contributed by atoms with Gasteiger partial charge in [0.05, 0.1) is 0 Å². The van der Waals surface area contributed by atoms with Crippen LogP contribution in [0.25, 0.3) is 0 Å². The van der Waals surface area contributed by atoms with E-state index in [1.165, 1.54) is 114 Å². The molecule has 1 atom stereocenters. The van der Waals surface area contributed by atoms with Gasteiger partial charge >= 0.3 is 0 Å². The molecule has 204 valence electrons. The average molecular weight is 503 g/mol. The van der Waals surface area contributed by atoms with Crippen LogP contribution in [-0.2, 0) is 13.0 Å². The molecule has 2 aromatic rings. The zero-order valence-electron chi connectivity index (χ0n) is 23.8. The van der Waals surface area contributed by atoms with Crippen LogP contribution in [0.15, 0.2) is 73.1 Å². The Morgan fingerprint density at radius 1 is 0.486 bits per heavy atom. The van der Waals surface area contributed by atoms with Crippen molar-refractivity contribution in [1.29, 1.82) is 0 Å². The third-order valence-corrected chi connectivity index (χ3v) is 7.95. The predicted molar refractivity (Wildman–Crippen MR) is 161 cm³/mol. The fourth-order valence-corrected chi connectivity index (χ4v) is 5.64. The van der Waals surface area contributed by atoms with E-state index in [1.54, 1.807) is 0 Å². The molecule has 0 aromatic heterocycles. The van der Waals surface area contributed by atoms with Crippen LogP contribution in [0.1, 0.15) is 121 Å². The molecule has 2 nitrogen and oxygen atoms in total. The molecule has 0 radical (unpaired) electrons. The fraction of sp³-hybridized carbons (Fsp3) is 0.600. The Balaban J connectivity index is 1.25. The normalized spacial score (nSPS) is 15.1. The lowest BCUT2D eigenvalue weighted by Crippen LogP contribution is -2.40. The minimum Gasteiger partial charge on any atom is -0.356 e. The number of nitrogens with zero attached hydrogens (tertiary/aromatic N) is 2. The highest BCUT2D eigenvalue weighted by Crippen LogP contribution is 2.23. The van der Waals surface area contributed by atoms with Crippen LogP contribution >= 0.6 is 0 Å². The maximum Gasteiger partial charge on any atom is 0.105 e. The quantitative estimate of drug-likeness (QED) is 0.157. The zero-order chi connectivity index (χ0) is 25.8. The summed E-state index contributed by atoms with van der Waals surface area (Å²) in [6.07, 6.45) is 28.9. The average Bonchev–Trinajstić information content (AvgIpc) is 3.30. The number of rotatable bonds is 21. The van der Waals surface area contributed by atoms with Gasteiger partial charge in [0, 0.05) is 31.9 Å². The standard InChI is InChI=1S/C35H54N2/c1-2-3-4-5-6-7-8-9-10-11-12-13-14-15-16-23-28-36-29-30-37(32-34-26-21-18-22-27-34)35(36)31-33-24-19-17-20-25-33/h17-22,24-27,29-30,35H,2-16,23,28,31-32H2,1H3. The molecule has 0 spiro atoms. The molecule has 0 fully saturated rings. The third-order valence-electron chi connectivity index (χ3n) is 7.95. The van der Waals surface area contributed by atoms with E-state index in [1.807, 2.05) is 0 Å². The largest absolute Gasteiger partial charge is 0.356 e. The molecule has 2 heteroatoms. The van der Waals surface area contributed by atoms with Gasteiger partial charge in [-0.2, -0.15) is 0 Å². The van der Waals surface area contributed by atoms with Gasteiger partial charge in [-0.15, -0.1) is 0 Å². The number of hydrogen-bond acceptors (Lipinski definition) is 2. The van der Waals surface area contributed by atoms with Crippen LogP contribution < -0.4 is 0 Å². The number of hydrogen-bond donors (Lipinski definition) is 0. The molecule has 0 amide bonds. The van der Waals surface area contributed by atoms with E-state index < -0.39 is 0 Å². The molecule has 0 aliphatic carbocycles. The molecule has 37 heavy (non-hydrogen) atoms. The van der Waals surface area contributed by atoms with Crippen molar-refractivity contribution in [2.75, 3.05) is 6.54 Å². The van der Waals surface area contributed by atoms with Crippen LogP contribution in [0.5, 0.6) is 0 Å². The number of benzene rings is 2. The Morgan fingerprint density at radius 2 is 0.919 bits per heavy atom. The van der Waals surface area contributed by atoms with E-state index in [-0.39, 0.29) is 0 Å². The van der Waals surface area contributed by atoms with Crippen molar-refractivity contribution in [2.24, 2.45) is 0 Å². The van der Waals surface area contributed by atoms with Crippen LogP contribution in [-0.4, -0.2) is 22.5 Å². The molecule has 1 aliphatic rings. The SMILES string of the molecule is CCCCCCCCCCCCCCCCCCN1C=CN(Cc2ccccc2)C1Cc1ccccc1. The van der Waals surface area contributed by atoms with Crippen molar-refractivity contribution in [3.05, 3.63) is 84.2 Å². The minimum atomic E-state index is 0.416. The molecule has 1 aliphatic heterocycles. The van der Waals surface area contributed by atoms with Crippen molar-refractivity contribution in [1.82, 2.24) is 9.80 Å². The summed E-state index contributed by atoms with van der Waals surface area (Å²) in [5.41, 5.74) is 2.81. The second kappa shape index (κ2) is 18.9. The molecular weight excluding hydrogens is 448 g/mol. The lowest BCUT2D eigenvalue weighted by atomic mass is 10.0. The molecule has 1 heterocycles. The zero-order valence-corrected chi connectivity index (χ0v) is 23.8. The molecule has 0 bridgehead atoms. The van der Waals surface area contributed by atoms with Crippen molar-refractivity contribution in [3.63, 3.8) is 0 Å². The summed E-state index contributed by atoms with van der Waals surface area (Å²) in [6.45, 7) is 4.44. The Labute approximate surface area is 229 Å². The molecule has 0 saturated heterocycles. The first-order chi connectivity index (χ1) is 18.4. The Morgan fingerprint density at radius 3 is 1.43 bits per heavy atom. The first-order valence-electron chi connectivity index (χ1n) is 15.6. The monoisotopic (exact) mass is 502 g/mol. The van der Waals surface area contributed by atoms with Gasteiger partial charge in [0.2, 0.25) is 0 Å². The van der Waals surface area contributed by atoms with Crippen LogP contribution in [0.4, 0.5) is 0 Å². The molecule has 2 aromatic carbocycles. The summed E-state index contributed by atoms with van der Waals surface area (Å²) < 4.78 is 0. The van der Waals surface area contributed by atoms with E-state index in [4.69, 9.17) is 0 Å². The van der Waals surface area contributed by atoms with Crippen LogP contribution in [0.3, 0.4) is 0 Å². The smallest absolute Gasteiger partial charge is 0.105 e. The molecule has 1 unspecified atom stereocenters. The second-order valence-electron chi connectivity index (χ2n) is 11.2. The molecule has 0 saturated carbocycles. The second-order valence-corrected chi connectivity index (χ2v) is 11.2. The lowest BCUT2D eigenvalue weighted by molar-refractivity contribution is 0.144. The number of unbranched alkanes of at least 4 members (excludes halogenated alkanes) is 15. The highest BCUT2D eigenvalue weighted by molar-refractivity contribution is 5.19. The molecule has 3 rings (SSSR count). The van der Waals surface area contributed by atoms with Gasteiger partial charge in [0.1, 0.15) is 6.17 Å².